The fourth-order valence-electron chi connectivity index (χ4n) is 8.51. The highest BCUT2D eigenvalue weighted by Gasteiger charge is 2.80. The molecule has 2 bridgehead atoms. The Balaban J connectivity index is 1.39. The van der Waals surface area contributed by atoms with E-state index in [9.17, 15) is 19.5 Å². The van der Waals surface area contributed by atoms with E-state index in [4.69, 9.17) is 4.74 Å². The van der Waals surface area contributed by atoms with E-state index in [1.54, 1.807) is 13.8 Å². The van der Waals surface area contributed by atoms with Crippen LogP contribution in [0.15, 0.2) is 12.1 Å². The summed E-state index contributed by atoms with van der Waals surface area (Å²) in [7, 11) is 0. The second kappa shape index (κ2) is 5.61. The number of amides is 3. The van der Waals surface area contributed by atoms with Gasteiger partial charge in [-0.1, -0.05) is 19.9 Å². The minimum absolute atomic E-state index is 0.0152. The summed E-state index contributed by atoms with van der Waals surface area (Å²) in [5.74, 6) is 0.366. The van der Waals surface area contributed by atoms with Crippen molar-refractivity contribution in [1.82, 2.24) is 10.2 Å². The Bertz CT molecular complexity index is 1220. The number of rotatable bonds is 1. The quantitative estimate of drug-likeness (QED) is 0.584. The molecule has 1 aliphatic carbocycles. The minimum Gasteiger partial charge on any atom is -0.487 e. The van der Waals surface area contributed by atoms with Gasteiger partial charge in [0.1, 0.15) is 22.9 Å². The first kappa shape index (κ1) is 20.7. The molecule has 7 aliphatic rings. The lowest BCUT2D eigenvalue weighted by atomic mass is 9.57. The Morgan fingerprint density at radius 3 is 2.68 bits per heavy atom. The molecule has 0 aromatic heterocycles. The van der Waals surface area contributed by atoms with E-state index in [1.807, 2.05) is 17.0 Å². The number of carbonyl (C=O) groups excluding carboxylic acids is 3. The van der Waals surface area contributed by atoms with Crippen molar-refractivity contribution in [2.45, 2.75) is 88.0 Å². The normalized spacial score (nSPS) is 40.6. The number of piperidine rings is 2. The summed E-state index contributed by atoms with van der Waals surface area (Å²) < 4.78 is 6.04. The van der Waals surface area contributed by atoms with Gasteiger partial charge in [0.15, 0.2) is 0 Å². The van der Waals surface area contributed by atoms with Crippen molar-refractivity contribution >= 4 is 23.4 Å². The highest BCUT2D eigenvalue weighted by molar-refractivity contribution is 6.12. The zero-order chi connectivity index (χ0) is 24.1. The Morgan fingerprint density at radius 2 is 1.94 bits per heavy atom. The topological polar surface area (TPSA) is 108 Å². The van der Waals surface area contributed by atoms with Crippen LogP contribution in [-0.4, -0.2) is 57.1 Å². The number of aliphatic hydroxyl groups is 1. The summed E-state index contributed by atoms with van der Waals surface area (Å²) in [6, 6.07) is 3.85. The van der Waals surface area contributed by atoms with Crippen molar-refractivity contribution in [3.8, 4) is 5.75 Å². The molecule has 3 N–H and O–H groups in total. The Morgan fingerprint density at radius 1 is 1.18 bits per heavy atom. The van der Waals surface area contributed by atoms with Crippen LogP contribution in [0, 0.1) is 11.3 Å². The first-order valence-electron chi connectivity index (χ1n) is 12.4. The highest BCUT2D eigenvalue weighted by Crippen LogP contribution is 2.70. The molecule has 180 valence electrons. The van der Waals surface area contributed by atoms with E-state index < -0.39 is 33.6 Å². The van der Waals surface area contributed by atoms with Gasteiger partial charge in [-0.15, -0.1) is 0 Å². The van der Waals surface area contributed by atoms with Gasteiger partial charge in [-0.05, 0) is 56.6 Å². The van der Waals surface area contributed by atoms with Gasteiger partial charge in [0.25, 0.3) is 0 Å². The van der Waals surface area contributed by atoms with Crippen LogP contribution in [-0.2, 0) is 26.2 Å². The van der Waals surface area contributed by atoms with Gasteiger partial charge in [-0.25, -0.2) is 0 Å². The number of nitrogens with zero attached hydrogens (tertiary/aromatic N) is 1. The molecule has 3 amide bonds. The van der Waals surface area contributed by atoms with Crippen LogP contribution in [0.25, 0.3) is 0 Å². The summed E-state index contributed by atoms with van der Waals surface area (Å²) in [4.78, 5) is 43.0. The molecule has 8 heteroatoms. The molecular formula is C26H31N3O5. The molecule has 5 fully saturated rings. The van der Waals surface area contributed by atoms with Crippen LogP contribution in [0.4, 0.5) is 5.69 Å². The van der Waals surface area contributed by atoms with Crippen molar-refractivity contribution < 1.29 is 24.2 Å². The van der Waals surface area contributed by atoms with Gasteiger partial charge >= 0.3 is 0 Å². The van der Waals surface area contributed by atoms with Crippen molar-refractivity contribution in [3.05, 3.63) is 23.3 Å². The third kappa shape index (κ3) is 1.94. The van der Waals surface area contributed by atoms with Gasteiger partial charge in [0, 0.05) is 24.4 Å². The summed E-state index contributed by atoms with van der Waals surface area (Å²) in [5.41, 5.74) is -1.81. The van der Waals surface area contributed by atoms with Crippen LogP contribution >= 0.6 is 0 Å². The zero-order valence-electron chi connectivity index (χ0n) is 20.1. The van der Waals surface area contributed by atoms with Crippen molar-refractivity contribution in [3.63, 3.8) is 0 Å². The fraction of sp³-hybridized carbons (Fsp3) is 0.654. The molecule has 3 spiro atoms. The standard InChI is InChI=1S/C26H31N3O5/c1-22(2)16-11-24-8-5-9-29(24)21(32)26(16,28-19(24)30)12-25(22)14-6-7-15-13(18(14)27-20(25)31)10-17(34-15)23(3,4)33/h6-7,16-17,33H,5,8-12H2,1-4H3,(H,27,31)(H,28,30). The first-order chi connectivity index (χ1) is 15.9. The molecule has 8 nitrogen and oxygen atoms in total. The smallest absolute Gasteiger partial charge is 0.249 e. The minimum atomic E-state index is -1.06. The molecule has 8 rings (SSSR count). The fourth-order valence-corrected chi connectivity index (χ4v) is 8.51. The van der Waals surface area contributed by atoms with E-state index >= 15 is 0 Å². The Labute approximate surface area is 198 Å². The highest BCUT2D eigenvalue weighted by atomic mass is 16.5. The molecule has 4 saturated heterocycles. The van der Waals surface area contributed by atoms with Gasteiger partial charge < -0.3 is 25.4 Å². The second-order valence-corrected chi connectivity index (χ2v) is 12.5. The summed E-state index contributed by atoms with van der Waals surface area (Å²) in [6.07, 6.45) is 2.50. The van der Waals surface area contributed by atoms with E-state index in [2.05, 4.69) is 24.5 Å². The molecule has 34 heavy (non-hydrogen) atoms. The van der Waals surface area contributed by atoms with Crippen molar-refractivity contribution in [2.75, 3.05) is 11.9 Å². The molecule has 5 atom stereocenters. The number of ether oxygens (including phenoxy) is 1. The van der Waals surface area contributed by atoms with Crippen molar-refractivity contribution in [2.24, 2.45) is 11.3 Å². The van der Waals surface area contributed by atoms with Gasteiger partial charge in [-0.2, -0.15) is 0 Å². The number of hydrogen-bond donors (Lipinski definition) is 3. The molecule has 5 unspecified atom stereocenters. The maximum atomic E-state index is 14.0. The van der Waals surface area contributed by atoms with E-state index in [1.165, 1.54) is 0 Å². The largest absolute Gasteiger partial charge is 0.487 e. The third-order valence-electron chi connectivity index (χ3n) is 10.3. The number of hydrogen-bond acceptors (Lipinski definition) is 5. The second-order valence-electron chi connectivity index (χ2n) is 12.5. The van der Waals surface area contributed by atoms with Gasteiger partial charge in [-0.3, -0.25) is 14.4 Å². The molecule has 0 radical (unpaired) electrons. The number of nitrogens with one attached hydrogen (secondary N) is 2. The zero-order valence-corrected chi connectivity index (χ0v) is 20.1. The molecule has 1 aromatic carbocycles. The first-order valence-corrected chi connectivity index (χ1v) is 12.4. The number of fused-ring (bicyclic) bond motifs is 5. The summed E-state index contributed by atoms with van der Waals surface area (Å²) in [6.45, 7) is 8.26. The number of carbonyl (C=O) groups is 3. The van der Waals surface area contributed by atoms with E-state index in [0.29, 0.717) is 31.6 Å². The van der Waals surface area contributed by atoms with Crippen molar-refractivity contribution in [1.29, 1.82) is 0 Å². The predicted molar refractivity (Wildman–Crippen MR) is 122 cm³/mol. The van der Waals surface area contributed by atoms with Crippen LogP contribution in [0.5, 0.6) is 5.75 Å². The Kier molecular flexibility index (Phi) is 3.42. The average Bonchev–Trinajstić information content (AvgIpc) is 3.47. The lowest BCUT2D eigenvalue weighted by molar-refractivity contribution is -0.175. The average molecular weight is 466 g/mol. The van der Waals surface area contributed by atoms with E-state index in [0.717, 1.165) is 23.2 Å². The molecule has 6 aliphatic heterocycles. The molecule has 1 aromatic rings. The summed E-state index contributed by atoms with van der Waals surface area (Å²) >= 11 is 0. The molecule has 6 heterocycles. The van der Waals surface area contributed by atoms with Crippen LogP contribution < -0.4 is 15.4 Å². The van der Waals surface area contributed by atoms with Crippen LogP contribution in [0.3, 0.4) is 0 Å². The maximum absolute atomic E-state index is 14.0. The van der Waals surface area contributed by atoms with Crippen LogP contribution in [0.2, 0.25) is 0 Å². The SMILES string of the molecule is CC(C)(O)C1Cc2c(ccc3c2NC(=O)C32CC34NC(=O)C5(CCCN5C3=O)CC4C2(C)C)O1. The monoisotopic (exact) mass is 465 g/mol. The Hall–Kier alpha value is -2.61. The number of piperazine rings is 1. The van der Waals surface area contributed by atoms with Crippen LogP contribution in [0.1, 0.15) is 64.5 Å². The van der Waals surface area contributed by atoms with Gasteiger partial charge in [0.2, 0.25) is 17.7 Å². The van der Waals surface area contributed by atoms with E-state index in [-0.39, 0.29) is 30.1 Å². The number of benzene rings is 1. The predicted octanol–water partition coefficient (Wildman–Crippen LogP) is 1.63. The lowest BCUT2D eigenvalue weighted by Gasteiger charge is -2.59. The third-order valence-corrected chi connectivity index (χ3v) is 10.3. The maximum Gasteiger partial charge on any atom is 0.249 e. The molecular weight excluding hydrogens is 434 g/mol. The molecule has 1 saturated carbocycles. The van der Waals surface area contributed by atoms with Gasteiger partial charge in [0.05, 0.1) is 16.7 Å². The lowest BCUT2D eigenvalue weighted by Crippen LogP contribution is -2.81. The summed E-state index contributed by atoms with van der Waals surface area (Å²) in [5, 5.41) is 16.9. The number of anilines is 1.